The van der Waals surface area contributed by atoms with Crippen molar-refractivity contribution in [1.29, 1.82) is 0 Å². The minimum absolute atomic E-state index is 0.120. The number of carbonyl (C=O) groups is 1. The Morgan fingerprint density at radius 3 is 2.38 bits per heavy atom. The highest BCUT2D eigenvalue weighted by molar-refractivity contribution is 6.00. The van der Waals surface area contributed by atoms with Gasteiger partial charge in [0.15, 0.2) is 0 Å². The number of fused-ring (bicyclic) bond motifs is 1. The van der Waals surface area contributed by atoms with Crippen molar-refractivity contribution < 1.29 is 22.7 Å². The highest BCUT2D eigenvalue weighted by atomic mass is 19.4. The van der Waals surface area contributed by atoms with Crippen LogP contribution in [0.1, 0.15) is 18.1 Å². The highest BCUT2D eigenvalue weighted by Gasteiger charge is 2.30. The number of rotatable bonds is 6. The Bertz CT molecular complexity index is 1280. The maximum Gasteiger partial charge on any atom is 0.416 e. The van der Waals surface area contributed by atoms with Gasteiger partial charge in [-0.05, 0) is 42.8 Å². The smallest absolute Gasteiger partial charge is 0.378 e. The van der Waals surface area contributed by atoms with Crippen LogP contribution in [0.2, 0.25) is 0 Å². The summed E-state index contributed by atoms with van der Waals surface area (Å²) in [4.78, 5) is 28.1. The largest absolute Gasteiger partial charge is 0.416 e. The Morgan fingerprint density at radius 2 is 1.79 bits per heavy atom. The second-order valence-electron chi connectivity index (χ2n) is 7.91. The maximum atomic E-state index is 12.9. The lowest BCUT2D eigenvalue weighted by molar-refractivity contribution is -0.137. The van der Waals surface area contributed by atoms with Gasteiger partial charge in [0.1, 0.15) is 0 Å². The van der Waals surface area contributed by atoms with E-state index in [0.29, 0.717) is 50.5 Å². The van der Waals surface area contributed by atoms with Gasteiger partial charge in [0, 0.05) is 42.5 Å². The number of alkyl halides is 3. The summed E-state index contributed by atoms with van der Waals surface area (Å²) >= 11 is 0. The molecule has 1 fully saturated rings. The highest BCUT2D eigenvalue weighted by Crippen LogP contribution is 2.34. The summed E-state index contributed by atoms with van der Waals surface area (Å²) in [6, 6.07) is 11.4. The Balaban J connectivity index is 1.78. The quantitative estimate of drug-likeness (QED) is 0.497. The molecule has 4 rings (SSSR count). The van der Waals surface area contributed by atoms with Gasteiger partial charge in [-0.3, -0.25) is 14.5 Å². The molecule has 6 nitrogen and oxygen atoms in total. The van der Waals surface area contributed by atoms with Crippen molar-refractivity contribution in [3.63, 3.8) is 0 Å². The average Bonchev–Trinajstić information content (AvgIpc) is 2.84. The molecule has 0 aliphatic carbocycles. The molecular weight excluding hydrogens is 447 g/mol. The second-order valence-corrected chi connectivity index (χ2v) is 7.91. The standard InChI is InChI=1S/C25H24F3N3O3/c1-3-30-22-9-8-20(14-21(22)23(15-24(30)33)29-10-12-34-13-11-29)31(16-32)17(2)18-4-6-19(7-5-18)25(26,27)28/h4-9,14-16H,2-3,10-13H2,1H3. The molecule has 1 aromatic heterocycles. The number of amides is 1. The lowest BCUT2D eigenvalue weighted by atomic mass is 10.1. The minimum Gasteiger partial charge on any atom is -0.378 e. The lowest BCUT2D eigenvalue weighted by Gasteiger charge is -2.30. The third-order valence-corrected chi connectivity index (χ3v) is 5.96. The van der Waals surface area contributed by atoms with Gasteiger partial charge in [-0.1, -0.05) is 18.7 Å². The maximum absolute atomic E-state index is 12.9. The second kappa shape index (κ2) is 9.34. The SMILES string of the molecule is C=C(c1ccc(C(F)(F)F)cc1)N(C=O)c1ccc2c(c1)c(N1CCOCC1)cc(=O)n2CC. The Morgan fingerprint density at radius 1 is 1.12 bits per heavy atom. The van der Waals surface area contributed by atoms with E-state index in [1.54, 1.807) is 28.8 Å². The molecule has 0 atom stereocenters. The van der Waals surface area contributed by atoms with E-state index in [2.05, 4.69) is 11.5 Å². The zero-order valence-electron chi connectivity index (χ0n) is 18.6. The fourth-order valence-corrected chi connectivity index (χ4v) is 4.17. The predicted molar refractivity (Wildman–Crippen MR) is 126 cm³/mol. The van der Waals surface area contributed by atoms with Gasteiger partial charge in [0.05, 0.1) is 30.0 Å². The zero-order chi connectivity index (χ0) is 24.5. The first kappa shape index (κ1) is 23.6. The molecule has 1 amide bonds. The molecule has 0 saturated carbocycles. The Kier molecular flexibility index (Phi) is 6.47. The van der Waals surface area contributed by atoms with E-state index in [-0.39, 0.29) is 11.3 Å². The van der Waals surface area contributed by atoms with E-state index in [1.165, 1.54) is 17.0 Å². The van der Waals surface area contributed by atoms with Crippen molar-refractivity contribution in [3.05, 3.63) is 76.6 Å². The fourth-order valence-electron chi connectivity index (χ4n) is 4.17. The summed E-state index contributed by atoms with van der Waals surface area (Å²) in [6.07, 6.45) is -3.88. The van der Waals surface area contributed by atoms with E-state index in [9.17, 15) is 22.8 Å². The molecule has 2 heterocycles. The number of carbonyl (C=O) groups excluding carboxylic acids is 1. The van der Waals surface area contributed by atoms with E-state index < -0.39 is 11.7 Å². The van der Waals surface area contributed by atoms with Gasteiger partial charge in [-0.25, -0.2) is 0 Å². The molecule has 0 unspecified atom stereocenters. The number of halogens is 3. The van der Waals surface area contributed by atoms with Crippen LogP contribution < -0.4 is 15.4 Å². The van der Waals surface area contributed by atoms with Crippen molar-refractivity contribution in [3.8, 4) is 0 Å². The molecule has 0 radical (unpaired) electrons. The van der Waals surface area contributed by atoms with Crippen LogP contribution in [-0.4, -0.2) is 37.3 Å². The molecule has 178 valence electrons. The molecule has 0 spiro atoms. The molecule has 1 aliphatic rings. The number of aromatic nitrogens is 1. The number of morpholine rings is 1. The van der Waals surface area contributed by atoms with Gasteiger partial charge in [-0.15, -0.1) is 0 Å². The lowest BCUT2D eigenvalue weighted by Crippen LogP contribution is -2.37. The van der Waals surface area contributed by atoms with Crippen LogP contribution >= 0.6 is 0 Å². The summed E-state index contributed by atoms with van der Waals surface area (Å²) in [5.41, 5.74) is 1.69. The normalized spacial score (nSPS) is 14.3. The number of benzene rings is 2. The fraction of sp³-hybridized carbons (Fsp3) is 0.280. The first-order valence-corrected chi connectivity index (χ1v) is 10.9. The summed E-state index contributed by atoms with van der Waals surface area (Å²) in [7, 11) is 0. The first-order valence-electron chi connectivity index (χ1n) is 10.9. The van der Waals surface area contributed by atoms with Crippen LogP contribution in [0.3, 0.4) is 0 Å². The van der Waals surface area contributed by atoms with Gasteiger partial charge in [0.25, 0.3) is 5.56 Å². The van der Waals surface area contributed by atoms with E-state index in [1.807, 2.05) is 6.92 Å². The average molecular weight is 471 g/mol. The molecule has 1 aliphatic heterocycles. The van der Waals surface area contributed by atoms with Crippen molar-refractivity contribution in [2.45, 2.75) is 19.6 Å². The van der Waals surface area contributed by atoms with Crippen LogP contribution in [0.25, 0.3) is 16.6 Å². The number of nitrogens with zero attached hydrogens (tertiary/aromatic N) is 3. The Labute approximate surface area is 194 Å². The minimum atomic E-state index is -4.45. The van der Waals surface area contributed by atoms with Crippen molar-refractivity contribution in [1.82, 2.24) is 4.57 Å². The van der Waals surface area contributed by atoms with Crippen LogP contribution in [0.15, 0.2) is 59.9 Å². The van der Waals surface area contributed by atoms with Crippen molar-refractivity contribution >= 4 is 34.4 Å². The topological polar surface area (TPSA) is 54.8 Å². The third-order valence-electron chi connectivity index (χ3n) is 5.96. The molecule has 9 heteroatoms. The monoisotopic (exact) mass is 471 g/mol. The van der Waals surface area contributed by atoms with Crippen LogP contribution in [0.5, 0.6) is 0 Å². The number of hydrogen-bond acceptors (Lipinski definition) is 4. The van der Waals surface area contributed by atoms with Gasteiger partial charge < -0.3 is 14.2 Å². The molecule has 3 aromatic rings. The third kappa shape index (κ3) is 4.43. The number of pyridine rings is 1. The summed E-state index contributed by atoms with van der Waals surface area (Å²) in [5.74, 6) is 0. The number of anilines is 2. The number of aryl methyl sites for hydroxylation is 1. The molecular formula is C25H24F3N3O3. The summed E-state index contributed by atoms with van der Waals surface area (Å²) in [6.45, 7) is 8.65. The number of hydrogen-bond donors (Lipinski definition) is 0. The van der Waals surface area contributed by atoms with Gasteiger partial charge in [0.2, 0.25) is 6.41 Å². The van der Waals surface area contributed by atoms with E-state index >= 15 is 0 Å². The summed E-state index contributed by atoms with van der Waals surface area (Å²) in [5, 5.41) is 0.785. The summed E-state index contributed by atoms with van der Waals surface area (Å²) < 4.78 is 45.8. The number of ether oxygens (including phenoxy) is 1. The van der Waals surface area contributed by atoms with Crippen molar-refractivity contribution in [2.75, 3.05) is 36.1 Å². The molecule has 34 heavy (non-hydrogen) atoms. The molecule has 0 bridgehead atoms. The van der Waals surface area contributed by atoms with Crippen molar-refractivity contribution in [2.24, 2.45) is 0 Å². The molecule has 2 aromatic carbocycles. The first-order chi connectivity index (χ1) is 16.2. The van der Waals surface area contributed by atoms with Gasteiger partial charge in [-0.2, -0.15) is 13.2 Å². The molecule has 1 saturated heterocycles. The zero-order valence-corrected chi connectivity index (χ0v) is 18.6. The van der Waals surface area contributed by atoms with Crippen LogP contribution in [-0.2, 0) is 22.3 Å². The van der Waals surface area contributed by atoms with Gasteiger partial charge >= 0.3 is 6.18 Å². The van der Waals surface area contributed by atoms with E-state index in [0.717, 1.165) is 28.7 Å². The van der Waals surface area contributed by atoms with E-state index in [4.69, 9.17) is 4.74 Å². The predicted octanol–water partition coefficient (Wildman–Crippen LogP) is 4.51. The molecule has 0 N–H and O–H groups in total. The van der Waals surface area contributed by atoms with Crippen LogP contribution in [0, 0.1) is 0 Å². The Hall–Kier alpha value is -3.59. The van der Waals surface area contributed by atoms with Crippen LogP contribution in [0.4, 0.5) is 24.5 Å².